The minimum atomic E-state index is -0.406. The van der Waals surface area contributed by atoms with Gasteiger partial charge in [0.05, 0.1) is 0 Å². The molecule has 1 aromatic carbocycles. The van der Waals surface area contributed by atoms with Crippen molar-refractivity contribution >= 4 is 22.0 Å². The number of hydrogen-bond donors (Lipinski definition) is 1. The highest BCUT2D eigenvalue weighted by Crippen LogP contribution is 2.09. The quantitative estimate of drug-likeness (QED) is 0.912. The average Bonchev–Trinajstić information content (AvgIpc) is 2.46. The molecule has 0 aliphatic carbocycles. The molecule has 0 aliphatic heterocycles. The second-order valence-corrected chi connectivity index (χ2v) is 5.17. The molecule has 0 aliphatic rings. The molecule has 2 aromatic rings. The van der Waals surface area contributed by atoms with Gasteiger partial charge in [0.15, 0.2) is 0 Å². The summed E-state index contributed by atoms with van der Waals surface area (Å²) >= 11 is 3.36. The SMILES string of the molecule is O=C(NCCc1cncc(Br)c1)OCc1ccccc1. The molecule has 0 bridgehead atoms. The van der Waals surface area contributed by atoms with Gasteiger partial charge in [0, 0.05) is 23.4 Å². The number of nitrogens with zero attached hydrogens (tertiary/aromatic N) is 1. The molecule has 0 spiro atoms. The van der Waals surface area contributed by atoms with Crippen LogP contribution < -0.4 is 5.32 Å². The zero-order valence-corrected chi connectivity index (χ0v) is 12.5. The first-order valence-electron chi connectivity index (χ1n) is 6.28. The number of pyridine rings is 1. The molecule has 1 N–H and O–H groups in total. The molecule has 0 radical (unpaired) electrons. The van der Waals surface area contributed by atoms with Gasteiger partial charge in [0.25, 0.3) is 0 Å². The van der Waals surface area contributed by atoms with E-state index in [1.54, 1.807) is 12.4 Å². The lowest BCUT2D eigenvalue weighted by molar-refractivity contribution is 0.140. The summed E-state index contributed by atoms with van der Waals surface area (Å²) in [6.07, 6.45) is 3.82. The van der Waals surface area contributed by atoms with Crippen LogP contribution in [-0.4, -0.2) is 17.6 Å². The Morgan fingerprint density at radius 2 is 2.00 bits per heavy atom. The fourth-order valence-electron chi connectivity index (χ4n) is 1.68. The highest BCUT2D eigenvalue weighted by atomic mass is 79.9. The largest absolute Gasteiger partial charge is 0.445 e. The van der Waals surface area contributed by atoms with Crippen molar-refractivity contribution < 1.29 is 9.53 Å². The van der Waals surface area contributed by atoms with Crippen LogP contribution in [0.4, 0.5) is 4.79 Å². The van der Waals surface area contributed by atoms with E-state index in [0.717, 1.165) is 15.6 Å². The second-order valence-electron chi connectivity index (χ2n) is 4.25. The van der Waals surface area contributed by atoms with Crippen LogP contribution in [0.2, 0.25) is 0 Å². The Hall–Kier alpha value is -1.88. The number of carbonyl (C=O) groups is 1. The minimum absolute atomic E-state index is 0.283. The predicted molar refractivity (Wildman–Crippen MR) is 80.3 cm³/mol. The molecule has 0 atom stereocenters. The van der Waals surface area contributed by atoms with E-state index in [0.29, 0.717) is 13.0 Å². The number of aromatic nitrogens is 1. The number of benzene rings is 1. The van der Waals surface area contributed by atoms with Crippen molar-refractivity contribution in [3.05, 3.63) is 64.4 Å². The third kappa shape index (κ3) is 5.01. The molecular weight excluding hydrogens is 320 g/mol. The topological polar surface area (TPSA) is 51.2 Å². The Balaban J connectivity index is 1.68. The lowest BCUT2D eigenvalue weighted by Crippen LogP contribution is -2.26. The first kappa shape index (κ1) is 14.5. The predicted octanol–water partition coefficient (Wildman–Crippen LogP) is 3.31. The number of carbonyl (C=O) groups excluding carboxylic acids is 1. The first-order chi connectivity index (χ1) is 9.74. The summed E-state index contributed by atoms with van der Waals surface area (Å²) in [6, 6.07) is 11.6. The van der Waals surface area contributed by atoms with Gasteiger partial charge < -0.3 is 10.1 Å². The van der Waals surface area contributed by atoms with Crippen LogP contribution in [0.3, 0.4) is 0 Å². The monoisotopic (exact) mass is 334 g/mol. The summed E-state index contributed by atoms with van der Waals surface area (Å²) in [6.45, 7) is 0.802. The molecule has 20 heavy (non-hydrogen) atoms. The van der Waals surface area contributed by atoms with Crippen molar-refractivity contribution in [2.24, 2.45) is 0 Å². The standard InChI is InChI=1S/C15H15BrN2O2/c16-14-8-13(9-17-10-14)6-7-18-15(19)20-11-12-4-2-1-3-5-12/h1-5,8-10H,6-7,11H2,(H,18,19). The van der Waals surface area contributed by atoms with Crippen LogP contribution in [0.25, 0.3) is 0 Å². The summed E-state index contributed by atoms with van der Waals surface area (Å²) in [5.74, 6) is 0. The maximum Gasteiger partial charge on any atom is 0.407 e. The maximum atomic E-state index is 11.5. The van der Waals surface area contributed by atoms with Crippen molar-refractivity contribution in [3.63, 3.8) is 0 Å². The Labute approximate surface area is 126 Å². The summed E-state index contributed by atoms with van der Waals surface area (Å²) < 4.78 is 6.05. The van der Waals surface area contributed by atoms with Gasteiger partial charge >= 0.3 is 6.09 Å². The van der Waals surface area contributed by atoms with E-state index < -0.39 is 6.09 Å². The van der Waals surface area contributed by atoms with Crippen LogP contribution in [0.5, 0.6) is 0 Å². The fourth-order valence-corrected chi connectivity index (χ4v) is 2.09. The zero-order valence-electron chi connectivity index (χ0n) is 10.9. The molecule has 0 saturated heterocycles. The van der Waals surface area contributed by atoms with Crippen molar-refractivity contribution in [2.75, 3.05) is 6.54 Å². The zero-order chi connectivity index (χ0) is 14.2. The summed E-state index contributed by atoms with van der Waals surface area (Å²) in [4.78, 5) is 15.6. The molecule has 4 nitrogen and oxygen atoms in total. The van der Waals surface area contributed by atoms with Crippen molar-refractivity contribution in [1.29, 1.82) is 0 Å². The maximum absolute atomic E-state index is 11.5. The first-order valence-corrected chi connectivity index (χ1v) is 7.07. The van der Waals surface area contributed by atoms with Crippen LogP contribution in [0, 0.1) is 0 Å². The van der Waals surface area contributed by atoms with Crippen molar-refractivity contribution in [3.8, 4) is 0 Å². The van der Waals surface area contributed by atoms with Gasteiger partial charge in [-0.05, 0) is 39.5 Å². The van der Waals surface area contributed by atoms with Gasteiger partial charge in [-0.1, -0.05) is 30.3 Å². The van der Waals surface area contributed by atoms with Gasteiger partial charge in [-0.3, -0.25) is 4.98 Å². The second kappa shape index (κ2) is 7.65. The van der Waals surface area contributed by atoms with Crippen LogP contribution in [-0.2, 0) is 17.8 Å². The van der Waals surface area contributed by atoms with E-state index in [1.165, 1.54) is 0 Å². The average molecular weight is 335 g/mol. The Morgan fingerprint density at radius 1 is 1.20 bits per heavy atom. The van der Waals surface area contributed by atoms with Gasteiger partial charge in [0.2, 0.25) is 0 Å². The third-order valence-electron chi connectivity index (χ3n) is 2.66. The van der Waals surface area contributed by atoms with Crippen molar-refractivity contribution in [1.82, 2.24) is 10.3 Å². The fraction of sp³-hybridized carbons (Fsp3) is 0.200. The summed E-state index contributed by atoms with van der Waals surface area (Å²) in [5, 5.41) is 2.72. The normalized spacial score (nSPS) is 10.1. The molecule has 104 valence electrons. The van der Waals surface area contributed by atoms with E-state index in [2.05, 4.69) is 26.2 Å². The molecule has 5 heteroatoms. The highest BCUT2D eigenvalue weighted by Gasteiger charge is 2.02. The van der Waals surface area contributed by atoms with E-state index in [9.17, 15) is 4.79 Å². The summed E-state index contributed by atoms with van der Waals surface area (Å²) in [5.41, 5.74) is 2.03. The van der Waals surface area contributed by atoms with Crippen LogP contribution >= 0.6 is 15.9 Å². The van der Waals surface area contributed by atoms with Crippen LogP contribution in [0.15, 0.2) is 53.3 Å². The molecule has 1 aromatic heterocycles. The highest BCUT2D eigenvalue weighted by molar-refractivity contribution is 9.10. The number of alkyl carbamates (subject to hydrolysis) is 1. The van der Waals surface area contributed by atoms with Gasteiger partial charge in [-0.25, -0.2) is 4.79 Å². The lowest BCUT2D eigenvalue weighted by atomic mass is 10.2. The van der Waals surface area contributed by atoms with Crippen molar-refractivity contribution in [2.45, 2.75) is 13.0 Å². The van der Waals surface area contributed by atoms with E-state index in [-0.39, 0.29) is 6.61 Å². The van der Waals surface area contributed by atoms with Gasteiger partial charge in [-0.2, -0.15) is 0 Å². The molecule has 1 amide bonds. The van der Waals surface area contributed by atoms with Gasteiger partial charge in [-0.15, -0.1) is 0 Å². The number of halogens is 1. The lowest BCUT2D eigenvalue weighted by Gasteiger charge is -2.07. The number of amides is 1. The number of ether oxygens (including phenoxy) is 1. The number of nitrogens with one attached hydrogen (secondary N) is 1. The molecule has 0 unspecified atom stereocenters. The van der Waals surface area contributed by atoms with E-state index in [1.807, 2.05) is 36.4 Å². The number of rotatable bonds is 5. The molecular formula is C15H15BrN2O2. The molecule has 0 fully saturated rings. The smallest absolute Gasteiger partial charge is 0.407 e. The molecule has 0 saturated carbocycles. The number of hydrogen-bond acceptors (Lipinski definition) is 3. The Kier molecular flexibility index (Phi) is 5.55. The molecule has 1 heterocycles. The van der Waals surface area contributed by atoms with Gasteiger partial charge in [0.1, 0.15) is 6.61 Å². The Bertz CT molecular complexity index is 561. The summed E-state index contributed by atoms with van der Waals surface area (Å²) in [7, 11) is 0. The van der Waals surface area contributed by atoms with Crippen LogP contribution in [0.1, 0.15) is 11.1 Å². The van der Waals surface area contributed by atoms with E-state index in [4.69, 9.17) is 4.74 Å². The molecule has 2 rings (SSSR count). The minimum Gasteiger partial charge on any atom is -0.445 e. The van der Waals surface area contributed by atoms with E-state index >= 15 is 0 Å². The Morgan fingerprint density at radius 3 is 2.75 bits per heavy atom. The third-order valence-corrected chi connectivity index (χ3v) is 3.09.